The molecule has 0 saturated carbocycles. The topological polar surface area (TPSA) is 49.5 Å². The summed E-state index contributed by atoms with van der Waals surface area (Å²) in [6, 6.07) is 8.20. The van der Waals surface area contributed by atoms with Crippen LogP contribution in [0.25, 0.3) is 0 Å². The molecule has 0 bridgehead atoms. The van der Waals surface area contributed by atoms with Crippen LogP contribution in [0.3, 0.4) is 0 Å². The molecule has 3 N–H and O–H groups in total. The quantitative estimate of drug-likeness (QED) is 0.757. The molecule has 1 aromatic carbocycles. The van der Waals surface area contributed by atoms with Crippen molar-refractivity contribution in [2.45, 2.75) is 26.1 Å². The van der Waals surface area contributed by atoms with E-state index in [9.17, 15) is 0 Å². The van der Waals surface area contributed by atoms with Crippen molar-refractivity contribution in [2.24, 2.45) is 5.73 Å². The first-order valence-corrected chi connectivity index (χ1v) is 5.24. The number of likely N-dealkylation sites (N-methyl/N-ethyl adjacent to an activating group) is 1. The van der Waals surface area contributed by atoms with Crippen LogP contribution in [0.1, 0.15) is 18.1 Å². The van der Waals surface area contributed by atoms with Gasteiger partial charge in [-0.2, -0.15) is 0 Å². The Morgan fingerprint density at radius 3 is 2.27 bits per heavy atom. The first-order valence-electron chi connectivity index (χ1n) is 5.24. The SMILES string of the molecule is CC(N)CN(C)Cc1ccc(CO)cc1. The maximum absolute atomic E-state index is 8.90. The number of nitrogens with zero attached hydrogens (tertiary/aromatic N) is 1. The number of nitrogens with two attached hydrogens (primary N) is 1. The molecule has 0 aliphatic heterocycles. The smallest absolute Gasteiger partial charge is 0.0681 e. The summed E-state index contributed by atoms with van der Waals surface area (Å²) in [7, 11) is 2.06. The minimum Gasteiger partial charge on any atom is -0.392 e. The fraction of sp³-hybridized carbons (Fsp3) is 0.500. The third kappa shape index (κ3) is 4.42. The lowest BCUT2D eigenvalue weighted by Gasteiger charge is -2.18. The predicted octanol–water partition coefficient (Wildman–Crippen LogP) is 0.958. The monoisotopic (exact) mass is 208 g/mol. The summed E-state index contributed by atoms with van der Waals surface area (Å²) >= 11 is 0. The molecule has 0 aliphatic carbocycles. The molecule has 0 saturated heterocycles. The van der Waals surface area contributed by atoms with Crippen LogP contribution in [-0.2, 0) is 13.2 Å². The Bertz CT molecular complexity index is 282. The number of aliphatic hydroxyl groups excluding tert-OH is 1. The summed E-state index contributed by atoms with van der Waals surface area (Å²) < 4.78 is 0. The van der Waals surface area contributed by atoms with Crippen LogP contribution in [0, 0.1) is 0 Å². The number of hydrogen-bond donors (Lipinski definition) is 2. The van der Waals surface area contributed by atoms with Gasteiger partial charge in [0.2, 0.25) is 0 Å². The van der Waals surface area contributed by atoms with E-state index in [0.29, 0.717) is 0 Å². The molecule has 3 nitrogen and oxygen atoms in total. The van der Waals surface area contributed by atoms with Crippen molar-refractivity contribution in [3.8, 4) is 0 Å². The summed E-state index contributed by atoms with van der Waals surface area (Å²) in [6.07, 6.45) is 0. The Kier molecular flexibility index (Phi) is 4.75. The zero-order valence-corrected chi connectivity index (χ0v) is 9.48. The largest absolute Gasteiger partial charge is 0.392 e. The van der Waals surface area contributed by atoms with E-state index in [1.54, 1.807) is 0 Å². The molecule has 0 heterocycles. The molecular formula is C12H20N2O. The molecule has 1 aromatic rings. The third-order valence-electron chi connectivity index (χ3n) is 2.26. The molecule has 15 heavy (non-hydrogen) atoms. The van der Waals surface area contributed by atoms with Gasteiger partial charge >= 0.3 is 0 Å². The van der Waals surface area contributed by atoms with Gasteiger partial charge in [-0.15, -0.1) is 0 Å². The van der Waals surface area contributed by atoms with Gasteiger partial charge < -0.3 is 15.7 Å². The Hall–Kier alpha value is -0.900. The standard InChI is InChI=1S/C12H20N2O/c1-10(13)7-14(2)8-11-3-5-12(9-15)6-4-11/h3-6,10,15H,7-9,13H2,1-2H3. The molecule has 0 spiro atoms. The average Bonchev–Trinajstić information content (AvgIpc) is 2.17. The minimum absolute atomic E-state index is 0.107. The van der Waals surface area contributed by atoms with Gasteiger partial charge in [-0.05, 0) is 25.1 Å². The average molecular weight is 208 g/mol. The lowest BCUT2D eigenvalue weighted by molar-refractivity contribution is 0.281. The van der Waals surface area contributed by atoms with Gasteiger partial charge in [-0.1, -0.05) is 24.3 Å². The lowest BCUT2D eigenvalue weighted by atomic mass is 10.1. The molecule has 1 unspecified atom stereocenters. The summed E-state index contributed by atoms with van der Waals surface area (Å²) in [5.41, 5.74) is 7.92. The van der Waals surface area contributed by atoms with Gasteiger partial charge in [0, 0.05) is 19.1 Å². The van der Waals surface area contributed by atoms with Crippen LogP contribution in [0.5, 0.6) is 0 Å². The van der Waals surface area contributed by atoms with E-state index in [1.807, 2.05) is 31.2 Å². The first kappa shape index (κ1) is 12.2. The molecule has 1 atom stereocenters. The van der Waals surface area contributed by atoms with Gasteiger partial charge in [0.1, 0.15) is 0 Å². The molecule has 1 rings (SSSR count). The van der Waals surface area contributed by atoms with E-state index in [0.717, 1.165) is 18.7 Å². The van der Waals surface area contributed by atoms with Crippen molar-refractivity contribution in [1.29, 1.82) is 0 Å². The van der Waals surface area contributed by atoms with Crippen molar-refractivity contribution < 1.29 is 5.11 Å². The maximum Gasteiger partial charge on any atom is 0.0681 e. The highest BCUT2D eigenvalue weighted by atomic mass is 16.3. The number of aliphatic hydroxyl groups is 1. The second-order valence-electron chi connectivity index (χ2n) is 4.15. The number of hydrogen-bond acceptors (Lipinski definition) is 3. The van der Waals surface area contributed by atoms with E-state index in [4.69, 9.17) is 10.8 Å². The molecule has 0 fully saturated rings. The summed E-state index contributed by atoms with van der Waals surface area (Å²) in [6.45, 7) is 3.90. The molecule has 0 amide bonds. The van der Waals surface area contributed by atoms with Gasteiger partial charge in [0.15, 0.2) is 0 Å². The van der Waals surface area contributed by atoms with Crippen LogP contribution < -0.4 is 5.73 Å². The van der Waals surface area contributed by atoms with Gasteiger partial charge in [0.05, 0.1) is 6.61 Å². The van der Waals surface area contributed by atoms with Crippen molar-refractivity contribution >= 4 is 0 Å². The maximum atomic E-state index is 8.90. The number of rotatable bonds is 5. The molecular weight excluding hydrogens is 188 g/mol. The first-order chi connectivity index (χ1) is 7.11. The third-order valence-corrected chi connectivity index (χ3v) is 2.26. The highest BCUT2D eigenvalue weighted by Gasteiger charge is 2.02. The summed E-state index contributed by atoms with van der Waals surface area (Å²) in [4.78, 5) is 2.19. The molecule has 3 heteroatoms. The van der Waals surface area contributed by atoms with E-state index in [1.165, 1.54) is 5.56 Å². The van der Waals surface area contributed by atoms with Gasteiger partial charge in [-0.25, -0.2) is 0 Å². The van der Waals surface area contributed by atoms with Crippen LogP contribution in [0.2, 0.25) is 0 Å². The zero-order chi connectivity index (χ0) is 11.3. The molecule has 0 aromatic heterocycles. The Balaban J connectivity index is 2.49. The van der Waals surface area contributed by atoms with Crippen molar-refractivity contribution in [1.82, 2.24) is 4.90 Å². The fourth-order valence-corrected chi connectivity index (χ4v) is 1.62. The van der Waals surface area contributed by atoms with Gasteiger partial charge in [-0.3, -0.25) is 0 Å². The predicted molar refractivity (Wildman–Crippen MR) is 62.3 cm³/mol. The Morgan fingerprint density at radius 1 is 1.27 bits per heavy atom. The second-order valence-corrected chi connectivity index (χ2v) is 4.15. The Labute approximate surface area is 91.5 Å². The highest BCUT2D eigenvalue weighted by molar-refractivity contribution is 5.21. The van der Waals surface area contributed by atoms with E-state index < -0.39 is 0 Å². The van der Waals surface area contributed by atoms with E-state index >= 15 is 0 Å². The number of benzene rings is 1. The fourth-order valence-electron chi connectivity index (χ4n) is 1.62. The van der Waals surface area contributed by atoms with Crippen LogP contribution in [-0.4, -0.2) is 29.6 Å². The van der Waals surface area contributed by atoms with Crippen molar-refractivity contribution in [2.75, 3.05) is 13.6 Å². The summed E-state index contributed by atoms with van der Waals surface area (Å²) in [5.74, 6) is 0. The van der Waals surface area contributed by atoms with Gasteiger partial charge in [0.25, 0.3) is 0 Å². The zero-order valence-electron chi connectivity index (χ0n) is 9.48. The van der Waals surface area contributed by atoms with Crippen LogP contribution in [0.4, 0.5) is 0 Å². The van der Waals surface area contributed by atoms with Crippen LogP contribution >= 0.6 is 0 Å². The van der Waals surface area contributed by atoms with E-state index in [2.05, 4.69) is 11.9 Å². The summed E-state index contributed by atoms with van der Waals surface area (Å²) in [5, 5.41) is 8.90. The van der Waals surface area contributed by atoms with Crippen molar-refractivity contribution in [3.63, 3.8) is 0 Å². The Morgan fingerprint density at radius 2 is 1.80 bits per heavy atom. The van der Waals surface area contributed by atoms with E-state index in [-0.39, 0.29) is 12.6 Å². The minimum atomic E-state index is 0.107. The highest BCUT2D eigenvalue weighted by Crippen LogP contribution is 2.06. The lowest BCUT2D eigenvalue weighted by Crippen LogP contribution is -2.32. The molecule has 84 valence electrons. The van der Waals surface area contributed by atoms with Crippen molar-refractivity contribution in [3.05, 3.63) is 35.4 Å². The molecule has 0 radical (unpaired) electrons. The normalized spacial score (nSPS) is 13.1. The molecule has 0 aliphatic rings. The second kappa shape index (κ2) is 5.85. The van der Waals surface area contributed by atoms with Crippen LogP contribution in [0.15, 0.2) is 24.3 Å².